The van der Waals surface area contributed by atoms with Crippen LogP contribution in [0.1, 0.15) is 19.8 Å². The summed E-state index contributed by atoms with van der Waals surface area (Å²) in [6.45, 7) is 3.18. The lowest BCUT2D eigenvalue weighted by atomic mass is 10.3. The number of hydrogen-bond donors (Lipinski definition) is 1. The minimum atomic E-state index is -1.25. The van der Waals surface area contributed by atoms with Gasteiger partial charge in [-0.25, -0.2) is 4.39 Å². The number of benzene rings is 1. The number of unbranched alkanes of at least 4 members (excludes halogenated alkanes) is 1. The lowest BCUT2D eigenvalue weighted by molar-refractivity contribution is 0.146. The Hall–Kier alpha value is -0.940. The Labute approximate surface area is 104 Å². The molecule has 5 heteroatoms. The highest BCUT2D eigenvalue weighted by molar-refractivity contribution is 7.85. The monoisotopic (exact) mass is 259 g/mol. The fraction of sp³-hybridized carbons (Fsp3) is 0.500. The van der Waals surface area contributed by atoms with Crippen molar-refractivity contribution in [1.29, 1.82) is 0 Å². The van der Waals surface area contributed by atoms with E-state index >= 15 is 0 Å². The van der Waals surface area contributed by atoms with E-state index in [1.165, 1.54) is 18.2 Å². The van der Waals surface area contributed by atoms with E-state index in [1.807, 2.05) is 0 Å². The van der Waals surface area contributed by atoms with Crippen molar-refractivity contribution in [2.45, 2.75) is 24.7 Å². The maximum absolute atomic E-state index is 13.0. The highest BCUT2D eigenvalue weighted by Gasteiger charge is 2.06. The number of ether oxygens (including phenoxy) is 1. The van der Waals surface area contributed by atoms with Gasteiger partial charge in [-0.1, -0.05) is 13.3 Å². The summed E-state index contributed by atoms with van der Waals surface area (Å²) in [4.78, 5) is 0.418. The molecule has 0 aromatic heterocycles. The van der Waals surface area contributed by atoms with Crippen LogP contribution < -0.4 is 5.73 Å². The molecule has 0 spiro atoms. The summed E-state index contributed by atoms with van der Waals surface area (Å²) in [5.74, 6) is -0.0904. The van der Waals surface area contributed by atoms with E-state index in [2.05, 4.69) is 6.92 Å². The van der Waals surface area contributed by atoms with E-state index in [1.54, 1.807) is 0 Å². The van der Waals surface area contributed by atoms with Crippen molar-refractivity contribution in [2.24, 2.45) is 0 Å². The molecule has 1 aromatic rings. The van der Waals surface area contributed by atoms with Crippen LogP contribution in [-0.4, -0.2) is 23.2 Å². The Kier molecular flexibility index (Phi) is 6.15. The van der Waals surface area contributed by atoms with E-state index in [0.717, 1.165) is 12.8 Å². The molecule has 0 bridgehead atoms. The average molecular weight is 259 g/mol. The van der Waals surface area contributed by atoms with E-state index in [-0.39, 0.29) is 0 Å². The number of hydrogen-bond acceptors (Lipinski definition) is 3. The van der Waals surface area contributed by atoms with Crippen LogP contribution in [0, 0.1) is 5.82 Å². The molecule has 2 N–H and O–H groups in total. The van der Waals surface area contributed by atoms with Gasteiger partial charge in [0.15, 0.2) is 0 Å². The van der Waals surface area contributed by atoms with Gasteiger partial charge < -0.3 is 10.5 Å². The molecule has 3 nitrogen and oxygen atoms in total. The van der Waals surface area contributed by atoms with Gasteiger partial charge in [0, 0.05) is 17.2 Å². The molecule has 0 heterocycles. The molecule has 0 aliphatic rings. The second-order valence-corrected chi connectivity index (χ2v) is 5.31. The van der Waals surface area contributed by atoms with Gasteiger partial charge in [0.1, 0.15) is 5.82 Å². The molecule has 1 aromatic carbocycles. The standard InChI is InChI=1S/C12H18FNO2S/c1-2-3-4-16-5-6-17(15)12-8-10(13)7-11(14)9-12/h7-9H,2-6,14H2,1H3. The largest absolute Gasteiger partial charge is 0.399 e. The molecule has 0 aliphatic heterocycles. The fourth-order valence-electron chi connectivity index (χ4n) is 1.32. The molecule has 1 atom stereocenters. The summed E-state index contributed by atoms with van der Waals surface area (Å²) in [7, 11) is -1.25. The fourth-order valence-corrected chi connectivity index (χ4v) is 2.33. The third-order valence-electron chi connectivity index (χ3n) is 2.21. The number of nitrogens with two attached hydrogens (primary N) is 1. The van der Waals surface area contributed by atoms with Crippen LogP contribution in [0.15, 0.2) is 23.1 Å². The van der Waals surface area contributed by atoms with Crippen LogP contribution >= 0.6 is 0 Å². The maximum Gasteiger partial charge on any atom is 0.126 e. The third-order valence-corrected chi connectivity index (χ3v) is 3.51. The Bertz CT molecular complexity index is 365. The summed E-state index contributed by atoms with van der Waals surface area (Å²) < 4.78 is 30.1. The lowest BCUT2D eigenvalue weighted by Gasteiger charge is -2.05. The zero-order valence-corrected chi connectivity index (χ0v) is 10.8. The van der Waals surface area contributed by atoms with E-state index < -0.39 is 16.6 Å². The van der Waals surface area contributed by atoms with E-state index in [0.29, 0.717) is 29.5 Å². The van der Waals surface area contributed by atoms with Crippen LogP contribution in [0.25, 0.3) is 0 Å². The quantitative estimate of drug-likeness (QED) is 0.604. The molecule has 96 valence electrons. The second kappa shape index (κ2) is 7.40. The van der Waals surface area contributed by atoms with Crippen molar-refractivity contribution in [2.75, 3.05) is 24.7 Å². The molecule has 0 radical (unpaired) electrons. The molecular weight excluding hydrogens is 241 g/mol. The van der Waals surface area contributed by atoms with Gasteiger partial charge in [0.25, 0.3) is 0 Å². The highest BCUT2D eigenvalue weighted by atomic mass is 32.2. The van der Waals surface area contributed by atoms with Crippen LogP contribution in [-0.2, 0) is 15.5 Å². The summed E-state index contributed by atoms with van der Waals surface area (Å²) >= 11 is 0. The Morgan fingerprint density at radius 1 is 1.35 bits per heavy atom. The van der Waals surface area contributed by atoms with Crippen LogP contribution in [0.4, 0.5) is 10.1 Å². The first kappa shape index (κ1) is 14.1. The van der Waals surface area contributed by atoms with Gasteiger partial charge >= 0.3 is 0 Å². The first-order valence-electron chi connectivity index (χ1n) is 5.65. The van der Waals surface area contributed by atoms with Crippen molar-refractivity contribution in [3.63, 3.8) is 0 Å². The summed E-state index contributed by atoms with van der Waals surface area (Å²) in [5.41, 5.74) is 5.78. The van der Waals surface area contributed by atoms with Crippen molar-refractivity contribution in [3.05, 3.63) is 24.0 Å². The van der Waals surface area contributed by atoms with Crippen molar-refractivity contribution in [1.82, 2.24) is 0 Å². The molecule has 1 rings (SSSR count). The molecular formula is C12H18FNO2S. The molecule has 0 aliphatic carbocycles. The third kappa shape index (κ3) is 5.28. The van der Waals surface area contributed by atoms with Crippen molar-refractivity contribution < 1.29 is 13.3 Å². The summed E-state index contributed by atoms with van der Waals surface area (Å²) in [6, 6.07) is 3.99. The van der Waals surface area contributed by atoms with Crippen molar-refractivity contribution in [3.8, 4) is 0 Å². The van der Waals surface area contributed by atoms with Crippen LogP contribution in [0.3, 0.4) is 0 Å². The minimum absolute atomic E-state index is 0.292. The van der Waals surface area contributed by atoms with Gasteiger partial charge in [0.05, 0.1) is 23.2 Å². The highest BCUT2D eigenvalue weighted by Crippen LogP contribution is 2.14. The zero-order valence-electron chi connectivity index (χ0n) is 9.95. The Morgan fingerprint density at radius 2 is 2.12 bits per heavy atom. The van der Waals surface area contributed by atoms with Crippen molar-refractivity contribution >= 4 is 16.5 Å². The summed E-state index contributed by atoms with van der Waals surface area (Å²) in [6.07, 6.45) is 2.07. The predicted octanol–water partition coefficient (Wildman–Crippen LogP) is 2.33. The number of nitrogen functional groups attached to an aromatic ring is 1. The molecule has 17 heavy (non-hydrogen) atoms. The topological polar surface area (TPSA) is 52.3 Å². The molecule has 0 fully saturated rings. The van der Waals surface area contributed by atoms with Crippen LogP contribution in [0.2, 0.25) is 0 Å². The Morgan fingerprint density at radius 3 is 2.76 bits per heavy atom. The molecule has 1 unspecified atom stereocenters. The van der Waals surface area contributed by atoms with E-state index in [4.69, 9.17) is 10.5 Å². The zero-order chi connectivity index (χ0) is 12.7. The molecule has 0 amide bonds. The first-order chi connectivity index (χ1) is 8.13. The predicted molar refractivity (Wildman–Crippen MR) is 67.8 cm³/mol. The van der Waals surface area contributed by atoms with E-state index in [9.17, 15) is 8.60 Å². The number of rotatable bonds is 7. The number of anilines is 1. The summed E-state index contributed by atoms with van der Waals surface area (Å²) in [5, 5.41) is 0. The van der Waals surface area contributed by atoms with Gasteiger partial charge in [-0.05, 0) is 24.6 Å². The average Bonchev–Trinajstić information content (AvgIpc) is 2.27. The van der Waals surface area contributed by atoms with Gasteiger partial charge in [-0.3, -0.25) is 4.21 Å². The van der Waals surface area contributed by atoms with Gasteiger partial charge in [-0.15, -0.1) is 0 Å². The normalized spacial score (nSPS) is 12.6. The minimum Gasteiger partial charge on any atom is -0.399 e. The maximum atomic E-state index is 13.0. The van der Waals surface area contributed by atoms with Crippen LogP contribution in [0.5, 0.6) is 0 Å². The smallest absolute Gasteiger partial charge is 0.126 e. The first-order valence-corrected chi connectivity index (χ1v) is 6.97. The number of halogens is 1. The molecule has 0 saturated carbocycles. The van der Waals surface area contributed by atoms with Gasteiger partial charge in [-0.2, -0.15) is 0 Å². The lowest BCUT2D eigenvalue weighted by Crippen LogP contribution is -2.07. The molecule has 0 saturated heterocycles. The second-order valence-electron chi connectivity index (χ2n) is 3.74. The Balaban J connectivity index is 2.41. The SMILES string of the molecule is CCCCOCCS(=O)c1cc(N)cc(F)c1. The van der Waals surface area contributed by atoms with Gasteiger partial charge in [0.2, 0.25) is 0 Å².